The average molecular weight is 347 g/mol. The molecule has 1 atom stereocenters. The Hall–Kier alpha value is -1.56. The van der Waals surface area contributed by atoms with Crippen molar-refractivity contribution in [3.05, 3.63) is 24.5 Å². The molecule has 0 bridgehead atoms. The van der Waals surface area contributed by atoms with Crippen LogP contribution in [0.25, 0.3) is 0 Å². The second-order valence-corrected chi connectivity index (χ2v) is 7.79. The first-order valence-corrected chi connectivity index (χ1v) is 9.79. The van der Waals surface area contributed by atoms with Gasteiger partial charge in [-0.1, -0.05) is 19.3 Å². The van der Waals surface area contributed by atoms with Crippen LogP contribution in [-0.4, -0.2) is 46.6 Å². The number of hydrogen-bond acceptors (Lipinski definition) is 4. The van der Waals surface area contributed by atoms with E-state index in [-0.39, 0.29) is 17.9 Å². The molecule has 1 unspecified atom stereocenters. The van der Waals surface area contributed by atoms with Crippen molar-refractivity contribution in [1.82, 2.24) is 15.2 Å². The number of rotatable bonds is 6. The van der Waals surface area contributed by atoms with Gasteiger partial charge in [0, 0.05) is 36.8 Å². The normalized spacial score (nSPS) is 21.9. The zero-order chi connectivity index (χ0) is 16.8. The summed E-state index contributed by atoms with van der Waals surface area (Å²) >= 11 is 1.49. The Bertz CT molecular complexity index is 561. The second kappa shape index (κ2) is 8.51. The van der Waals surface area contributed by atoms with E-state index >= 15 is 0 Å². The fraction of sp³-hybridized carbons (Fsp3) is 0.611. The number of carbonyl (C=O) groups excluding carboxylic acids is 2. The van der Waals surface area contributed by atoms with Gasteiger partial charge in [-0.3, -0.25) is 14.6 Å². The first-order valence-electron chi connectivity index (χ1n) is 8.80. The summed E-state index contributed by atoms with van der Waals surface area (Å²) in [5.41, 5.74) is 0. The highest BCUT2D eigenvalue weighted by Crippen LogP contribution is 2.26. The predicted molar refractivity (Wildman–Crippen MR) is 94.7 cm³/mol. The Morgan fingerprint density at radius 3 is 2.75 bits per heavy atom. The molecular formula is C18H25N3O2S. The van der Waals surface area contributed by atoms with Gasteiger partial charge in [-0.2, -0.15) is 0 Å². The molecule has 2 fully saturated rings. The summed E-state index contributed by atoms with van der Waals surface area (Å²) in [4.78, 5) is 31.2. The minimum Gasteiger partial charge on any atom is -0.350 e. The highest BCUT2D eigenvalue weighted by atomic mass is 32.2. The minimum atomic E-state index is -0.0355. The smallest absolute Gasteiger partial charge is 0.230 e. The fourth-order valence-corrected chi connectivity index (χ4v) is 4.27. The van der Waals surface area contributed by atoms with E-state index in [1.165, 1.54) is 43.9 Å². The molecule has 2 aliphatic rings. The Balaban J connectivity index is 1.41. The van der Waals surface area contributed by atoms with Gasteiger partial charge < -0.3 is 10.2 Å². The van der Waals surface area contributed by atoms with Crippen LogP contribution in [0.1, 0.15) is 38.5 Å². The maximum absolute atomic E-state index is 12.2. The number of likely N-dealkylation sites (tertiary alicyclic amines) is 1. The molecule has 1 aliphatic heterocycles. The fourth-order valence-electron chi connectivity index (χ4n) is 3.58. The molecule has 2 heterocycles. The standard InChI is InChI=1S/C18H25N3O2S/c22-17(13-24-16-6-8-19-9-7-16)20-15-10-18(23)21(12-15)11-14-4-2-1-3-5-14/h6-9,14-15H,1-5,10-13H2,(H,20,22). The summed E-state index contributed by atoms with van der Waals surface area (Å²) in [6, 6.07) is 3.75. The van der Waals surface area contributed by atoms with Gasteiger partial charge in [0.15, 0.2) is 0 Å². The maximum Gasteiger partial charge on any atom is 0.230 e. The molecule has 2 amide bonds. The van der Waals surface area contributed by atoms with Crippen LogP contribution in [0.3, 0.4) is 0 Å². The van der Waals surface area contributed by atoms with Gasteiger partial charge in [-0.25, -0.2) is 0 Å². The number of carbonyl (C=O) groups is 2. The van der Waals surface area contributed by atoms with Gasteiger partial charge in [-0.05, 0) is 30.9 Å². The van der Waals surface area contributed by atoms with Gasteiger partial charge in [0.05, 0.1) is 11.8 Å². The van der Waals surface area contributed by atoms with Crippen LogP contribution >= 0.6 is 11.8 Å². The summed E-state index contributed by atoms with van der Waals surface area (Å²) in [5, 5.41) is 3.01. The van der Waals surface area contributed by atoms with E-state index < -0.39 is 0 Å². The molecule has 1 N–H and O–H groups in total. The highest BCUT2D eigenvalue weighted by molar-refractivity contribution is 8.00. The number of amides is 2. The summed E-state index contributed by atoms with van der Waals surface area (Å²) in [6.45, 7) is 1.54. The van der Waals surface area contributed by atoms with E-state index in [1.54, 1.807) is 12.4 Å². The molecule has 24 heavy (non-hydrogen) atoms. The predicted octanol–water partition coefficient (Wildman–Crippen LogP) is 2.47. The van der Waals surface area contributed by atoms with E-state index in [9.17, 15) is 9.59 Å². The molecule has 0 radical (unpaired) electrons. The molecule has 1 aliphatic carbocycles. The van der Waals surface area contributed by atoms with E-state index in [2.05, 4.69) is 10.3 Å². The third-order valence-electron chi connectivity index (χ3n) is 4.80. The summed E-state index contributed by atoms with van der Waals surface area (Å²) in [7, 11) is 0. The average Bonchev–Trinajstić information content (AvgIpc) is 2.94. The lowest BCUT2D eigenvalue weighted by Crippen LogP contribution is -2.39. The zero-order valence-corrected chi connectivity index (χ0v) is 14.8. The summed E-state index contributed by atoms with van der Waals surface area (Å²) in [5.74, 6) is 1.21. The van der Waals surface area contributed by atoms with Crippen molar-refractivity contribution >= 4 is 23.6 Å². The largest absolute Gasteiger partial charge is 0.350 e. The molecule has 0 aromatic carbocycles. The summed E-state index contributed by atoms with van der Waals surface area (Å²) in [6.07, 6.45) is 10.3. The SMILES string of the molecule is O=C(CSc1ccncc1)NC1CC(=O)N(CC2CCCCC2)C1. The van der Waals surface area contributed by atoms with Crippen molar-refractivity contribution in [2.45, 2.75) is 49.5 Å². The molecule has 0 spiro atoms. The molecule has 5 nitrogen and oxygen atoms in total. The van der Waals surface area contributed by atoms with Crippen molar-refractivity contribution in [2.24, 2.45) is 5.92 Å². The van der Waals surface area contributed by atoms with E-state index in [0.29, 0.717) is 24.6 Å². The molecular weight excluding hydrogens is 322 g/mol. The lowest BCUT2D eigenvalue weighted by molar-refractivity contribution is -0.128. The number of pyridine rings is 1. The lowest BCUT2D eigenvalue weighted by Gasteiger charge is -2.27. The molecule has 130 valence electrons. The van der Waals surface area contributed by atoms with Gasteiger partial charge in [-0.15, -0.1) is 11.8 Å². The molecule has 1 saturated carbocycles. The maximum atomic E-state index is 12.2. The second-order valence-electron chi connectivity index (χ2n) is 6.74. The van der Waals surface area contributed by atoms with E-state index in [4.69, 9.17) is 0 Å². The van der Waals surface area contributed by atoms with Crippen LogP contribution in [-0.2, 0) is 9.59 Å². The van der Waals surface area contributed by atoms with Crippen LogP contribution in [0, 0.1) is 5.92 Å². The first-order chi connectivity index (χ1) is 11.7. The van der Waals surface area contributed by atoms with Crippen molar-refractivity contribution in [3.63, 3.8) is 0 Å². The van der Waals surface area contributed by atoms with Crippen molar-refractivity contribution < 1.29 is 9.59 Å². The number of hydrogen-bond donors (Lipinski definition) is 1. The van der Waals surface area contributed by atoms with Crippen molar-refractivity contribution in [3.8, 4) is 0 Å². The zero-order valence-electron chi connectivity index (χ0n) is 13.9. The molecule has 1 aromatic heterocycles. The Kier molecular flexibility index (Phi) is 6.12. The Morgan fingerprint density at radius 1 is 1.25 bits per heavy atom. The van der Waals surface area contributed by atoms with Gasteiger partial charge in [0.1, 0.15) is 0 Å². The van der Waals surface area contributed by atoms with Crippen LogP contribution in [0.15, 0.2) is 29.4 Å². The lowest BCUT2D eigenvalue weighted by atomic mass is 9.89. The van der Waals surface area contributed by atoms with Crippen molar-refractivity contribution in [2.75, 3.05) is 18.8 Å². The van der Waals surface area contributed by atoms with Crippen LogP contribution in [0.2, 0.25) is 0 Å². The minimum absolute atomic E-state index is 0.00544. The van der Waals surface area contributed by atoms with Crippen LogP contribution < -0.4 is 5.32 Å². The molecule has 1 saturated heterocycles. The van der Waals surface area contributed by atoms with Gasteiger partial charge in [0.25, 0.3) is 0 Å². The number of aromatic nitrogens is 1. The highest BCUT2D eigenvalue weighted by Gasteiger charge is 2.32. The van der Waals surface area contributed by atoms with E-state index in [1.807, 2.05) is 17.0 Å². The third kappa shape index (κ3) is 4.97. The number of nitrogens with zero attached hydrogens (tertiary/aromatic N) is 2. The van der Waals surface area contributed by atoms with Gasteiger partial charge in [0.2, 0.25) is 11.8 Å². The Labute approximate surface area is 147 Å². The quantitative estimate of drug-likeness (QED) is 0.803. The monoisotopic (exact) mass is 347 g/mol. The summed E-state index contributed by atoms with van der Waals surface area (Å²) < 4.78 is 0. The molecule has 1 aromatic rings. The number of nitrogens with one attached hydrogen (secondary N) is 1. The Morgan fingerprint density at radius 2 is 2.00 bits per heavy atom. The van der Waals surface area contributed by atoms with Gasteiger partial charge >= 0.3 is 0 Å². The topological polar surface area (TPSA) is 62.3 Å². The van der Waals surface area contributed by atoms with E-state index in [0.717, 1.165) is 11.4 Å². The third-order valence-corrected chi connectivity index (χ3v) is 5.81. The van der Waals surface area contributed by atoms with Crippen LogP contribution in [0.4, 0.5) is 0 Å². The molecule has 6 heteroatoms. The number of thioether (sulfide) groups is 1. The van der Waals surface area contributed by atoms with Crippen LogP contribution in [0.5, 0.6) is 0 Å². The van der Waals surface area contributed by atoms with Crippen molar-refractivity contribution in [1.29, 1.82) is 0 Å². The first kappa shape index (κ1) is 17.3. The molecule has 3 rings (SSSR count).